The Balaban J connectivity index is 1.88. The zero-order valence-electron chi connectivity index (χ0n) is 10.7. The van der Waals surface area contributed by atoms with Crippen molar-refractivity contribution in [3.05, 3.63) is 29.6 Å². The molecule has 2 unspecified atom stereocenters. The lowest BCUT2D eigenvalue weighted by atomic mass is 9.93. The van der Waals surface area contributed by atoms with Crippen molar-refractivity contribution in [3.63, 3.8) is 0 Å². The van der Waals surface area contributed by atoms with Crippen molar-refractivity contribution in [2.75, 3.05) is 7.11 Å². The molecule has 2 N–H and O–H groups in total. The van der Waals surface area contributed by atoms with Gasteiger partial charge in [0, 0.05) is 12.6 Å². The van der Waals surface area contributed by atoms with E-state index in [4.69, 9.17) is 4.74 Å². The molecule has 2 rings (SSSR count). The highest BCUT2D eigenvalue weighted by Crippen LogP contribution is 2.20. The largest absolute Gasteiger partial charge is 0.494 e. The number of aliphatic hydroxyl groups is 1. The summed E-state index contributed by atoms with van der Waals surface area (Å²) in [5, 5.41) is 12.9. The summed E-state index contributed by atoms with van der Waals surface area (Å²) < 4.78 is 18.4. The van der Waals surface area contributed by atoms with Gasteiger partial charge in [0.25, 0.3) is 0 Å². The Morgan fingerprint density at radius 1 is 1.44 bits per heavy atom. The Bertz CT molecular complexity index is 397. The van der Waals surface area contributed by atoms with Crippen LogP contribution < -0.4 is 10.1 Å². The van der Waals surface area contributed by atoms with Crippen molar-refractivity contribution in [3.8, 4) is 5.75 Å². The fourth-order valence-electron chi connectivity index (χ4n) is 2.43. The predicted molar refractivity (Wildman–Crippen MR) is 68.1 cm³/mol. The van der Waals surface area contributed by atoms with Crippen LogP contribution >= 0.6 is 0 Å². The van der Waals surface area contributed by atoms with Crippen molar-refractivity contribution in [2.45, 2.75) is 44.4 Å². The molecule has 0 bridgehead atoms. The number of aliphatic hydroxyl groups excluding tert-OH is 1. The fourth-order valence-corrected chi connectivity index (χ4v) is 2.43. The molecule has 3 nitrogen and oxygen atoms in total. The molecule has 0 saturated heterocycles. The van der Waals surface area contributed by atoms with E-state index >= 15 is 0 Å². The maximum absolute atomic E-state index is 13.5. The van der Waals surface area contributed by atoms with Crippen LogP contribution in [0.1, 0.15) is 31.2 Å². The number of halogens is 1. The summed E-state index contributed by atoms with van der Waals surface area (Å²) >= 11 is 0. The molecule has 0 heterocycles. The van der Waals surface area contributed by atoms with E-state index in [1.165, 1.54) is 13.2 Å². The molecule has 0 radical (unpaired) electrons. The maximum atomic E-state index is 13.5. The van der Waals surface area contributed by atoms with E-state index in [-0.39, 0.29) is 17.7 Å². The molecule has 1 aromatic rings. The molecular formula is C14H20FNO2. The minimum Gasteiger partial charge on any atom is -0.494 e. The molecule has 18 heavy (non-hydrogen) atoms. The number of methoxy groups -OCH3 is 1. The van der Waals surface area contributed by atoms with Crippen LogP contribution in [0.5, 0.6) is 5.75 Å². The predicted octanol–water partition coefficient (Wildman–Crippen LogP) is 2.23. The van der Waals surface area contributed by atoms with E-state index in [2.05, 4.69) is 5.32 Å². The Kier molecular flexibility index (Phi) is 4.55. The maximum Gasteiger partial charge on any atom is 0.165 e. The molecule has 4 heteroatoms. The van der Waals surface area contributed by atoms with Crippen LogP contribution in [0, 0.1) is 5.82 Å². The second-order valence-electron chi connectivity index (χ2n) is 4.87. The van der Waals surface area contributed by atoms with Gasteiger partial charge in [-0.15, -0.1) is 0 Å². The van der Waals surface area contributed by atoms with Crippen LogP contribution in [0.4, 0.5) is 4.39 Å². The number of hydrogen-bond acceptors (Lipinski definition) is 3. The molecule has 1 fully saturated rings. The second kappa shape index (κ2) is 6.16. The third kappa shape index (κ3) is 3.43. The number of ether oxygens (including phenoxy) is 1. The van der Waals surface area contributed by atoms with Gasteiger partial charge in [0.15, 0.2) is 11.6 Å². The first kappa shape index (κ1) is 13.3. The lowest BCUT2D eigenvalue weighted by Crippen LogP contribution is -2.35. The average Bonchev–Trinajstić information content (AvgIpc) is 2.37. The zero-order valence-corrected chi connectivity index (χ0v) is 10.7. The number of nitrogens with one attached hydrogen (secondary N) is 1. The summed E-state index contributed by atoms with van der Waals surface area (Å²) in [5.41, 5.74) is 0.897. The van der Waals surface area contributed by atoms with E-state index in [1.54, 1.807) is 6.07 Å². The first-order valence-corrected chi connectivity index (χ1v) is 6.43. The van der Waals surface area contributed by atoms with E-state index in [9.17, 15) is 9.50 Å². The number of hydrogen-bond donors (Lipinski definition) is 2. The van der Waals surface area contributed by atoms with Gasteiger partial charge in [-0.3, -0.25) is 0 Å². The molecular weight excluding hydrogens is 233 g/mol. The van der Waals surface area contributed by atoms with E-state index < -0.39 is 0 Å². The second-order valence-corrected chi connectivity index (χ2v) is 4.87. The number of rotatable bonds is 4. The van der Waals surface area contributed by atoms with E-state index in [0.717, 1.165) is 31.2 Å². The lowest BCUT2D eigenvalue weighted by molar-refractivity contribution is 0.111. The third-order valence-corrected chi connectivity index (χ3v) is 3.46. The first-order chi connectivity index (χ1) is 8.69. The van der Waals surface area contributed by atoms with Gasteiger partial charge in [0.05, 0.1) is 13.2 Å². The summed E-state index contributed by atoms with van der Waals surface area (Å²) in [6, 6.07) is 5.32. The van der Waals surface area contributed by atoms with Crippen LogP contribution in [0.3, 0.4) is 0 Å². The normalized spacial score (nSPS) is 23.9. The minimum atomic E-state index is -0.333. The summed E-state index contributed by atoms with van der Waals surface area (Å²) in [5.74, 6) is -0.0627. The van der Waals surface area contributed by atoms with Gasteiger partial charge in [-0.05, 0) is 43.4 Å². The van der Waals surface area contributed by atoms with Gasteiger partial charge >= 0.3 is 0 Å². The summed E-state index contributed by atoms with van der Waals surface area (Å²) in [6.07, 6.45) is 3.63. The van der Waals surface area contributed by atoms with Crippen LogP contribution in [0.25, 0.3) is 0 Å². The molecule has 0 aromatic heterocycles. The van der Waals surface area contributed by atoms with Gasteiger partial charge in [-0.1, -0.05) is 6.07 Å². The van der Waals surface area contributed by atoms with E-state index in [0.29, 0.717) is 12.6 Å². The summed E-state index contributed by atoms with van der Waals surface area (Å²) in [7, 11) is 1.46. The van der Waals surface area contributed by atoms with Gasteiger partial charge in [0.1, 0.15) is 0 Å². The Labute approximate surface area is 107 Å². The summed E-state index contributed by atoms with van der Waals surface area (Å²) in [6.45, 7) is 0.623. The molecule has 0 aliphatic heterocycles. The SMILES string of the molecule is COc1ccc(CNC2CCCC(O)C2)cc1F. The topological polar surface area (TPSA) is 41.5 Å². The quantitative estimate of drug-likeness (QED) is 0.864. The fraction of sp³-hybridized carbons (Fsp3) is 0.571. The van der Waals surface area contributed by atoms with Crippen LogP contribution in [-0.2, 0) is 6.54 Å². The van der Waals surface area contributed by atoms with E-state index in [1.807, 2.05) is 6.07 Å². The Morgan fingerprint density at radius 3 is 2.94 bits per heavy atom. The summed E-state index contributed by atoms with van der Waals surface area (Å²) in [4.78, 5) is 0. The molecule has 1 aromatic carbocycles. The lowest BCUT2D eigenvalue weighted by Gasteiger charge is -2.26. The average molecular weight is 253 g/mol. The Hall–Kier alpha value is -1.13. The molecule has 2 atom stereocenters. The van der Waals surface area contributed by atoms with Crippen molar-refractivity contribution in [1.82, 2.24) is 5.32 Å². The van der Waals surface area contributed by atoms with Crippen molar-refractivity contribution < 1.29 is 14.2 Å². The highest BCUT2D eigenvalue weighted by molar-refractivity contribution is 5.29. The van der Waals surface area contributed by atoms with Crippen LogP contribution in [0.2, 0.25) is 0 Å². The minimum absolute atomic E-state index is 0.191. The van der Waals surface area contributed by atoms with Crippen LogP contribution in [-0.4, -0.2) is 24.4 Å². The van der Waals surface area contributed by atoms with Crippen molar-refractivity contribution >= 4 is 0 Å². The van der Waals surface area contributed by atoms with Gasteiger partial charge in [0.2, 0.25) is 0 Å². The molecule has 1 aliphatic rings. The molecule has 0 spiro atoms. The van der Waals surface area contributed by atoms with Gasteiger partial charge < -0.3 is 15.2 Å². The smallest absolute Gasteiger partial charge is 0.165 e. The standard InChI is InChI=1S/C14H20FNO2/c1-18-14-6-5-10(7-13(14)15)9-16-11-3-2-4-12(17)8-11/h5-7,11-12,16-17H,2-4,8-9H2,1H3. The zero-order chi connectivity index (χ0) is 13.0. The van der Waals surface area contributed by atoms with Crippen molar-refractivity contribution in [1.29, 1.82) is 0 Å². The molecule has 1 saturated carbocycles. The third-order valence-electron chi connectivity index (χ3n) is 3.46. The molecule has 100 valence electrons. The molecule has 0 amide bonds. The van der Waals surface area contributed by atoms with Crippen LogP contribution in [0.15, 0.2) is 18.2 Å². The Morgan fingerprint density at radius 2 is 2.28 bits per heavy atom. The van der Waals surface area contributed by atoms with Crippen molar-refractivity contribution in [2.24, 2.45) is 0 Å². The highest BCUT2D eigenvalue weighted by Gasteiger charge is 2.19. The number of benzene rings is 1. The molecule has 1 aliphatic carbocycles. The highest BCUT2D eigenvalue weighted by atomic mass is 19.1. The van der Waals surface area contributed by atoms with Gasteiger partial charge in [-0.2, -0.15) is 0 Å². The first-order valence-electron chi connectivity index (χ1n) is 6.43. The van der Waals surface area contributed by atoms with Gasteiger partial charge in [-0.25, -0.2) is 4.39 Å². The monoisotopic (exact) mass is 253 g/mol.